The van der Waals surface area contributed by atoms with Crippen LogP contribution < -0.4 is 5.32 Å². The van der Waals surface area contributed by atoms with E-state index in [0.29, 0.717) is 48.0 Å². The van der Waals surface area contributed by atoms with Crippen LogP contribution in [0.25, 0.3) is 5.57 Å². The first-order chi connectivity index (χ1) is 14.9. The molecule has 0 aliphatic carbocycles. The number of unbranched alkanes of at least 4 members (excludes halogenated alkanes) is 1. The van der Waals surface area contributed by atoms with Crippen molar-refractivity contribution in [3.05, 3.63) is 69.9 Å². The van der Waals surface area contributed by atoms with Gasteiger partial charge in [0.1, 0.15) is 5.70 Å². The Hall–Kier alpha value is -2.63. The lowest BCUT2D eigenvalue weighted by Crippen LogP contribution is -2.34. The van der Waals surface area contributed by atoms with E-state index in [0.717, 1.165) is 29.7 Å². The molecule has 1 heterocycles. The van der Waals surface area contributed by atoms with Crippen LogP contribution in [0.5, 0.6) is 0 Å². The topological polar surface area (TPSA) is 58.6 Å². The van der Waals surface area contributed by atoms with Crippen LogP contribution >= 0.6 is 11.6 Å². The third-order valence-electron chi connectivity index (χ3n) is 5.39. The number of benzene rings is 2. The van der Waals surface area contributed by atoms with Gasteiger partial charge in [0.25, 0.3) is 11.8 Å². The predicted molar refractivity (Wildman–Crippen MR) is 125 cm³/mol. The summed E-state index contributed by atoms with van der Waals surface area (Å²) in [5.41, 5.74) is 4.37. The lowest BCUT2D eigenvalue weighted by Gasteiger charge is -2.15. The average molecular weight is 441 g/mol. The number of aryl methyl sites for hydroxylation is 2. The number of halogens is 1. The quantitative estimate of drug-likeness (QED) is 0.399. The molecule has 0 unspecified atom stereocenters. The minimum absolute atomic E-state index is 0.294. The highest BCUT2D eigenvalue weighted by molar-refractivity contribution is 6.36. The molecule has 0 radical (unpaired) electrons. The molecule has 2 amide bonds. The molecule has 2 aromatic rings. The van der Waals surface area contributed by atoms with Crippen LogP contribution in [0.1, 0.15) is 42.9 Å². The summed E-state index contributed by atoms with van der Waals surface area (Å²) in [6, 6.07) is 12.9. The van der Waals surface area contributed by atoms with Gasteiger partial charge in [-0.2, -0.15) is 0 Å². The number of amides is 2. The monoisotopic (exact) mass is 440 g/mol. The van der Waals surface area contributed by atoms with Gasteiger partial charge in [0.05, 0.1) is 5.57 Å². The number of hydrogen-bond donors (Lipinski definition) is 1. The van der Waals surface area contributed by atoms with Crippen molar-refractivity contribution < 1.29 is 14.3 Å². The summed E-state index contributed by atoms with van der Waals surface area (Å²) in [4.78, 5) is 27.7. The number of hydrogen-bond acceptors (Lipinski definition) is 4. The zero-order valence-corrected chi connectivity index (χ0v) is 19.1. The molecule has 0 aromatic heterocycles. The van der Waals surface area contributed by atoms with E-state index in [1.165, 1.54) is 4.90 Å². The molecule has 0 spiro atoms. The van der Waals surface area contributed by atoms with Crippen LogP contribution in [-0.2, 0) is 14.3 Å². The summed E-state index contributed by atoms with van der Waals surface area (Å²) in [5, 5.41) is 3.78. The second-order valence-electron chi connectivity index (χ2n) is 7.76. The van der Waals surface area contributed by atoms with E-state index in [9.17, 15) is 9.59 Å². The highest BCUT2D eigenvalue weighted by atomic mass is 35.5. The van der Waals surface area contributed by atoms with Gasteiger partial charge in [0.15, 0.2) is 0 Å². The molecular formula is C25H29ClN2O3. The van der Waals surface area contributed by atoms with Crippen molar-refractivity contribution in [2.45, 2.75) is 40.0 Å². The Kier molecular flexibility index (Phi) is 7.88. The first-order valence-electron chi connectivity index (χ1n) is 10.7. The van der Waals surface area contributed by atoms with Gasteiger partial charge in [-0.3, -0.25) is 14.5 Å². The van der Waals surface area contributed by atoms with Gasteiger partial charge < -0.3 is 10.1 Å². The van der Waals surface area contributed by atoms with Crippen LogP contribution in [0.2, 0.25) is 5.02 Å². The summed E-state index contributed by atoms with van der Waals surface area (Å²) in [7, 11) is 0. The van der Waals surface area contributed by atoms with E-state index in [1.807, 2.05) is 32.0 Å². The van der Waals surface area contributed by atoms with Crippen molar-refractivity contribution in [1.82, 2.24) is 4.90 Å². The molecule has 0 fully saturated rings. The van der Waals surface area contributed by atoms with Gasteiger partial charge in [0, 0.05) is 30.5 Å². The lowest BCUT2D eigenvalue weighted by atomic mass is 10.0. The molecule has 164 valence electrons. The van der Waals surface area contributed by atoms with E-state index in [1.54, 1.807) is 24.3 Å². The largest absolute Gasteiger partial charge is 0.381 e. The van der Waals surface area contributed by atoms with Crippen molar-refractivity contribution in [3.8, 4) is 0 Å². The van der Waals surface area contributed by atoms with Crippen molar-refractivity contribution in [2.75, 3.05) is 25.1 Å². The second kappa shape index (κ2) is 10.6. The Labute approximate surface area is 189 Å². The maximum absolute atomic E-state index is 13.2. The van der Waals surface area contributed by atoms with E-state index >= 15 is 0 Å². The predicted octanol–water partition coefficient (Wildman–Crippen LogP) is 5.36. The van der Waals surface area contributed by atoms with Gasteiger partial charge in [-0.05, 0) is 67.6 Å². The minimum atomic E-state index is -0.318. The van der Waals surface area contributed by atoms with Crippen molar-refractivity contribution in [2.24, 2.45) is 0 Å². The number of carbonyl (C=O) groups excluding carboxylic acids is 2. The number of imide groups is 1. The zero-order valence-electron chi connectivity index (χ0n) is 18.3. The SMILES string of the molecule is CCCCOCCCN1C(=O)C(Nc2ccc(C)c(C)c2)=C(c2ccc(Cl)cc2)C1=O. The van der Waals surface area contributed by atoms with E-state index in [2.05, 4.69) is 12.2 Å². The molecule has 1 N–H and O–H groups in total. The average Bonchev–Trinajstić information content (AvgIpc) is 2.98. The molecule has 0 saturated heterocycles. The normalized spacial score (nSPS) is 14.0. The molecule has 1 aliphatic heterocycles. The molecular weight excluding hydrogens is 412 g/mol. The Balaban J connectivity index is 1.84. The number of anilines is 1. The Morgan fingerprint density at radius 2 is 1.65 bits per heavy atom. The van der Waals surface area contributed by atoms with Crippen LogP contribution in [0, 0.1) is 13.8 Å². The molecule has 6 heteroatoms. The molecule has 3 rings (SSSR count). The summed E-state index contributed by atoms with van der Waals surface area (Å²) in [6.07, 6.45) is 2.69. The fourth-order valence-electron chi connectivity index (χ4n) is 3.42. The van der Waals surface area contributed by atoms with Gasteiger partial charge in [-0.25, -0.2) is 0 Å². The van der Waals surface area contributed by atoms with Gasteiger partial charge in [-0.1, -0.05) is 43.1 Å². The van der Waals surface area contributed by atoms with Crippen molar-refractivity contribution >= 4 is 34.7 Å². The molecule has 0 bridgehead atoms. The minimum Gasteiger partial charge on any atom is -0.381 e. The molecule has 0 saturated carbocycles. The van der Waals surface area contributed by atoms with E-state index in [-0.39, 0.29) is 11.8 Å². The molecule has 31 heavy (non-hydrogen) atoms. The smallest absolute Gasteiger partial charge is 0.278 e. The number of rotatable bonds is 10. The summed E-state index contributed by atoms with van der Waals surface area (Å²) < 4.78 is 5.58. The van der Waals surface area contributed by atoms with Crippen LogP contribution in [-0.4, -0.2) is 36.5 Å². The Bertz CT molecular complexity index is 983. The van der Waals surface area contributed by atoms with E-state index < -0.39 is 0 Å². The highest BCUT2D eigenvalue weighted by Crippen LogP contribution is 2.31. The first kappa shape index (κ1) is 23.0. The maximum atomic E-state index is 13.2. The first-order valence-corrected chi connectivity index (χ1v) is 11.1. The summed E-state index contributed by atoms with van der Waals surface area (Å²) >= 11 is 6.02. The Morgan fingerprint density at radius 3 is 2.32 bits per heavy atom. The van der Waals surface area contributed by atoms with Gasteiger partial charge >= 0.3 is 0 Å². The fraction of sp³-hybridized carbons (Fsp3) is 0.360. The molecule has 2 aromatic carbocycles. The molecule has 1 aliphatic rings. The maximum Gasteiger partial charge on any atom is 0.278 e. The van der Waals surface area contributed by atoms with Crippen molar-refractivity contribution in [3.63, 3.8) is 0 Å². The third-order valence-corrected chi connectivity index (χ3v) is 5.64. The number of ether oxygens (including phenoxy) is 1. The summed E-state index contributed by atoms with van der Waals surface area (Å²) in [6.45, 7) is 7.70. The standard InChI is InChI=1S/C25H29ClN2O3/c1-4-5-14-31-15-6-13-28-24(29)22(19-8-10-20(26)11-9-19)23(25(28)30)27-21-12-7-17(2)18(3)16-21/h7-12,16,27H,4-6,13-15H2,1-3H3. The second-order valence-corrected chi connectivity index (χ2v) is 8.20. The van der Waals surface area contributed by atoms with Crippen LogP contribution in [0.3, 0.4) is 0 Å². The highest BCUT2D eigenvalue weighted by Gasteiger charge is 2.38. The van der Waals surface area contributed by atoms with Gasteiger partial charge in [0.2, 0.25) is 0 Å². The summed E-state index contributed by atoms with van der Waals surface area (Å²) in [5.74, 6) is -0.617. The molecule has 0 atom stereocenters. The fourth-order valence-corrected chi connectivity index (χ4v) is 3.54. The Morgan fingerprint density at radius 1 is 0.935 bits per heavy atom. The zero-order chi connectivity index (χ0) is 22.4. The number of carbonyl (C=O) groups is 2. The van der Waals surface area contributed by atoms with Crippen LogP contribution in [0.4, 0.5) is 5.69 Å². The van der Waals surface area contributed by atoms with E-state index in [4.69, 9.17) is 16.3 Å². The lowest BCUT2D eigenvalue weighted by molar-refractivity contribution is -0.137. The van der Waals surface area contributed by atoms with Crippen LogP contribution in [0.15, 0.2) is 48.2 Å². The molecule has 5 nitrogen and oxygen atoms in total. The number of nitrogens with one attached hydrogen (secondary N) is 1. The van der Waals surface area contributed by atoms with Crippen molar-refractivity contribution in [1.29, 1.82) is 0 Å². The number of nitrogens with zero attached hydrogens (tertiary/aromatic N) is 1. The third kappa shape index (κ3) is 5.54. The van der Waals surface area contributed by atoms with Gasteiger partial charge in [-0.15, -0.1) is 0 Å².